The average Bonchev–Trinajstić information content (AvgIpc) is 2.43. The van der Waals surface area contributed by atoms with E-state index in [1.165, 1.54) is 6.92 Å². The zero-order valence-electron chi connectivity index (χ0n) is 11.3. The number of carbonyl (C=O) groups excluding carboxylic acids is 2. The smallest absolute Gasteiger partial charge is 0.230 e. The van der Waals surface area contributed by atoms with Crippen molar-refractivity contribution >= 4 is 11.8 Å². The van der Waals surface area contributed by atoms with Crippen molar-refractivity contribution in [3.05, 3.63) is 29.6 Å². The van der Waals surface area contributed by atoms with Crippen LogP contribution in [0.5, 0.6) is 0 Å². The molecule has 2 amide bonds. The highest BCUT2D eigenvalue weighted by molar-refractivity contribution is 5.85. The van der Waals surface area contributed by atoms with Gasteiger partial charge in [0.25, 0.3) is 0 Å². The van der Waals surface area contributed by atoms with E-state index in [9.17, 15) is 9.59 Å². The van der Waals surface area contributed by atoms with E-state index >= 15 is 0 Å². The van der Waals surface area contributed by atoms with Gasteiger partial charge in [-0.3, -0.25) is 14.6 Å². The molecule has 0 bridgehead atoms. The lowest BCUT2D eigenvalue weighted by atomic mass is 9.94. The first-order valence-corrected chi connectivity index (χ1v) is 6.60. The van der Waals surface area contributed by atoms with E-state index in [4.69, 9.17) is 0 Å². The molecule has 1 unspecified atom stereocenters. The van der Waals surface area contributed by atoms with Crippen LogP contribution in [-0.4, -0.2) is 34.8 Å². The maximum absolute atomic E-state index is 12.2. The minimum atomic E-state index is -0.361. The van der Waals surface area contributed by atoms with E-state index in [0.29, 0.717) is 19.6 Å². The molecule has 1 atom stereocenters. The van der Waals surface area contributed by atoms with Crippen molar-refractivity contribution in [1.82, 2.24) is 15.2 Å². The predicted molar refractivity (Wildman–Crippen MR) is 71.4 cm³/mol. The number of hydrogen-bond donors (Lipinski definition) is 1. The van der Waals surface area contributed by atoms with Gasteiger partial charge in [-0.15, -0.1) is 0 Å². The molecular weight excluding hydrogens is 242 g/mol. The Morgan fingerprint density at radius 1 is 1.53 bits per heavy atom. The summed E-state index contributed by atoms with van der Waals surface area (Å²) in [5.41, 5.74) is 1.76. The first-order valence-electron chi connectivity index (χ1n) is 6.60. The molecule has 0 aliphatic carbocycles. The van der Waals surface area contributed by atoms with Crippen LogP contribution in [0.1, 0.15) is 37.4 Å². The Hall–Kier alpha value is -1.91. The molecule has 1 aliphatic rings. The molecule has 0 radical (unpaired) electrons. The molecule has 1 aromatic rings. The monoisotopic (exact) mass is 261 g/mol. The summed E-state index contributed by atoms with van der Waals surface area (Å²) in [7, 11) is 0. The first-order chi connectivity index (χ1) is 9.13. The number of pyridine rings is 1. The summed E-state index contributed by atoms with van der Waals surface area (Å²) in [5.74, 6) is -0.420. The molecule has 5 heteroatoms. The molecule has 2 rings (SSSR count). The Labute approximate surface area is 113 Å². The number of nitrogens with zero attached hydrogens (tertiary/aromatic N) is 2. The number of nitrogens with one attached hydrogen (secondary N) is 1. The van der Waals surface area contributed by atoms with Gasteiger partial charge < -0.3 is 10.2 Å². The maximum Gasteiger partial charge on any atom is 0.230 e. The fraction of sp³-hybridized carbons (Fsp3) is 0.500. The summed E-state index contributed by atoms with van der Waals surface area (Å²) in [6.45, 7) is 5.14. The second-order valence-electron chi connectivity index (χ2n) is 4.79. The van der Waals surface area contributed by atoms with Crippen molar-refractivity contribution < 1.29 is 9.59 Å². The van der Waals surface area contributed by atoms with Crippen molar-refractivity contribution in [2.45, 2.75) is 32.7 Å². The van der Waals surface area contributed by atoms with Crippen molar-refractivity contribution in [3.63, 3.8) is 0 Å². The third-order valence-electron chi connectivity index (χ3n) is 3.33. The molecule has 0 aromatic carbocycles. The summed E-state index contributed by atoms with van der Waals surface area (Å²) < 4.78 is 0. The number of carbonyl (C=O) groups is 2. The van der Waals surface area contributed by atoms with E-state index in [0.717, 1.165) is 17.7 Å². The van der Waals surface area contributed by atoms with E-state index < -0.39 is 0 Å². The van der Waals surface area contributed by atoms with Crippen LogP contribution in [0.25, 0.3) is 0 Å². The Kier molecular flexibility index (Phi) is 4.14. The minimum absolute atomic E-state index is 0.0113. The van der Waals surface area contributed by atoms with Crippen LogP contribution in [0.15, 0.2) is 18.3 Å². The van der Waals surface area contributed by atoms with Crippen LogP contribution in [0.4, 0.5) is 0 Å². The number of amides is 2. The average molecular weight is 261 g/mol. The van der Waals surface area contributed by atoms with Gasteiger partial charge in [0.2, 0.25) is 11.8 Å². The second kappa shape index (κ2) is 5.82. The number of rotatable bonds is 3. The molecule has 0 saturated carbocycles. The SMILES string of the molecule is CCCNC(=O)C1CN(C(C)=O)Cc2cccnc21. The summed E-state index contributed by atoms with van der Waals surface area (Å²) in [6.07, 6.45) is 2.59. The van der Waals surface area contributed by atoms with Crippen LogP contribution >= 0.6 is 0 Å². The Morgan fingerprint density at radius 2 is 2.32 bits per heavy atom. The second-order valence-corrected chi connectivity index (χ2v) is 4.79. The molecule has 19 heavy (non-hydrogen) atoms. The standard InChI is InChI=1S/C14H19N3O2/c1-3-6-16-14(19)12-9-17(10(2)18)8-11-5-4-7-15-13(11)12/h4-5,7,12H,3,6,8-9H2,1-2H3,(H,16,19). The molecular formula is C14H19N3O2. The summed E-state index contributed by atoms with van der Waals surface area (Å²) in [5, 5.41) is 2.89. The lowest BCUT2D eigenvalue weighted by Gasteiger charge is -2.32. The van der Waals surface area contributed by atoms with Crippen molar-refractivity contribution in [2.75, 3.05) is 13.1 Å². The fourth-order valence-electron chi connectivity index (χ4n) is 2.29. The van der Waals surface area contributed by atoms with Gasteiger partial charge in [-0.05, 0) is 18.1 Å². The molecule has 2 heterocycles. The van der Waals surface area contributed by atoms with Crippen LogP contribution in [-0.2, 0) is 16.1 Å². The third-order valence-corrected chi connectivity index (χ3v) is 3.33. The van der Waals surface area contributed by atoms with E-state index in [2.05, 4.69) is 10.3 Å². The van der Waals surface area contributed by atoms with Crippen LogP contribution in [0, 0.1) is 0 Å². The summed E-state index contributed by atoms with van der Waals surface area (Å²) in [4.78, 5) is 29.8. The summed E-state index contributed by atoms with van der Waals surface area (Å²) >= 11 is 0. The van der Waals surface area contributed by atoms with Gasteiger partial charge in [0.15, 0.2) is 0 Å². The predicted octanol–water partition coefficient (Wildman–Crippen LogP) is 1.05. The maximum atomic E-state index is 12.2. The topological polar surface area (TPSA) is 62.3 Å². The number of aromatic nitrogens is 1. The Morgan fingerprint density at radius 3 is 3.00 bits per heavy atom. The van der Waals surface area contributed by atoms with Crippen LogP contribution < -0.4 is 5.32 Å². The van der Waals surface area contributed by atoms with E-state index in [1.807, 2.05) is 19.1 Å². The molecule has 0 saturated heterocycles. The quantitative estimate of drug-likeness (QED) is 0.884. The van der Waals surface area contributed by atoms with Crippen LogP contribution in [0.3, 0.4) is 0 Å². The van der Waals surface area contributed by atoms with Gasteiger partial charge in [-0.1, -0.05) is 13.0 Å². The molecule has 1 aliphatic heterocycles. The minimum Gasteiger partial charge on any atom is -0.355 e. The summed E-state index contributed by atoms with van der Waals surface area (Å²) in [6, 6.07) is 3.76. The highest BCUT2D eigenvalue weighted by Gasteiger charge is 2.32. The number of hydrogen-bond acceptors (Lipinski definition) is 3. The Balaban J connectivity index is 2.26. The molecule has 0 fully saturated rings. The third kappa shape index (κ3) is 2.92. The van der Waals surface area contributed by atoms with Crippen molar-refractivity contribution in [3.8, 4) is 0 Å². The van der Waals surface area contributed by atoms with Gasteiger partial charge in [-0.2, -0.15) is 0 Å². The zero-order chi connectivity index (χ0) is 13.8. The molecule has 5 nitrogen and oxygen atoms in total. The van der Waals surface area contributed by atoms with Gasteiger partial charge in [-0.25, -0.2) is 0 Å². The van der Waals surface area contributed by atoms with Gasteiger partial charge >= 0.3 is 0 Å². The normalized spacial score (nSPS) is 17.8. The van der Waals surface area contributed by atoms with E-state index in [1.54, 1.807) is 11.1 Å². The highest BCUT2D eigenvalue weighted by Crippen LogP contribution is 2.26. The molecule has 102 valence electrons. The van der Waals surface area contributed by atoms with Crippen molar-refractivity contribution in [1.29, 1.82) is 0 Å². The molecule has 1 aromatic heterocycles. The molecule has 1 N–H and O–H groups in total. The van der Waals surface area contributed by atoms with Crippen molar-refractivity contribution in [2.24, 2.45) is 0 Å². The fourth-order valence-corrected chi connectivity index (χ4v) is 2.29. The number of fused-ring (bicyclic) bond motifs is 1. The van der Waals surface area contributed by atoms with Gasteiger partial charge in [0, 0.05) is 32.8 Å². The van der Waals surface area contributed by atoms with Gasteiger partial charge in [0.1, 0.15) is 0 Å². The first kappa shape index (κ1) is 13.5. The largest absolute Gasteiger partial charge is 0.355 e. The molecule has 0 spiro atoms. The zero-order valence-corrected chi connectivity index (χ0v) is 11.3. The Bertz CT molecular complexity index is 487. The highest BCUT2D eigenvalue weighted by atomic mass is 16.2. The van der Waals surface area contributed by atoms with Crippen LogP contribution in [0.2, 0.25) is 0 Å². The van der Waals surface area contributed by atoms with E-state index in [-0.39, 0.29) is 17.7 Å². The lowest BCUT2D eigenvalue weighted by molar-refractivity contribution is -0.131. The lowest BCUT2D eigenvalue weighted by Crippen LogP contribution is -2.43. The van der Waals surface area contributed by atoms with Gasteiger partial charge in [0.05, 0.1) is 11.6 Å².